The van der Waals surface area contributed by atoms with Gasteiger partial charge in [-0.25, -0.2) is 0 Å². The number of hydrogen-bond acceptors (Lipinski definition) is 4. The van der Waals surface area contributed by atoms with Crippen molar-refractivity contribution in [2.45, 2.75) is 25.5 Å². The molecule has 0 aliphatic carbocycles. The predicted molar refractivity (Wildman–Crippen MR) is 65.8 cm³/mol. The van der Waals surface area contributed by atoms with Crippen molar-refractivity contribution < 1.29 is 4.74 Å². The van der Waals surface area contributed by atoms with Crippen molar-refractivity contribution in [3.8, 4) is 0 Å². The standard InChI is InChI=1S/C12H25N3O/c1-3-14-4-6-15(7-5-14)10-11-8-12(16-2)9-13-11/h11-13H,3-10H2,1-2H3/t11-,12-/m0/s1. The highest BCUT2D eigenvalue weighted by Gasteiger charge is 2.26. The topological polar surface area (TPSA) is 27.7 Å². The maximum absolute atomic E-state index is 5.38. The summed E-state index contributed by atoms with van der Waals surface area (Å²) < 4.78 is 5.38. The number of nitrogens with one attached hydrogen (secondary N) is 1. The molecule has 0 aromatic rings. The SMILES string of the molecule is CCN1CCN(C[C@@H]2C[C@H](OC)CN2)CC1. The largest absolute Gasteiger partial charge is 0.380 e. The Balaban J connectivity index is 1.67. The van der Waals surface area contributed by atoms with Crippen LogP contribution in [0.15, 0.2) is 0 Å². The van der Waals surface area contributed by atoms with E-state index in [2.05, 4.69) is 22.0 Å². The molecule has 94 valence electrons. The molecular formula is C12H25N3O. The molecule has 0 aromatic heterocycles. The number of piperazine rings is 1. The molecule has 4 heteroatoms. The third kappa shape index (κ3) is 3.17. The number of ether oxygens (including phenoxy) is 1. The summed E-state index contributed by atoms with van der Waals surface area (Å²) in [5, 5.41) is 3.55. The summed E-state index contributed by atoms with van der Waals surface area (Å²) in [7, 11) is 1.81. The van der Waals surface area contributed by atoms with Gasteiger partial charge in [0.15, 0.2) is 0 Å². The zero-order valence-electron chi connectivity index (χ0n) is 10.6. The van der Waals surface area contributed by atoms with E-state index >= 15 is 0 Å². The molecule has 2 fully saturated rings. The molecule has 0 bridgehead atoms. The van der Waals surface area contributed by atoms with Crippen molar-refractivity contribution in [3.63, 3.8) is 0 Å². The maximum Gasteiger partial charge on any atom is 0.0711 e. The van der Waals surface area contributed by atoms with Crippen LogP contribution < -0.4 is 5.32 Å². The Morgan fingerprint density at radius 2 is 1.88 bits per heavy atom. The number of likely N-dealkylation sites (N-methyl/N-ethyl adjacent to an activating group) is 1. The minimum absolute atomic E-state index is 0.432. The van der Waals surface area contributed by atoms with Gasteiger partial charge in [-0.05, 0) is 13.0 Å². The van der Waals surface area contributed by atoms with Gasteiger partial charge in [0.25, 0.3) is 0 Å². The van der Waals surface area contributed by atoms with Gasteiger partial charge < -0.3 is 15.0 Å². The van der Waals surface area contributed by atoms with Gasteiger partial charge >= 0.3 is 0 Å². The Bertz CT molecular complexity index is 204. The van der Waals surface area contributed by atoms with Crippen molar-refractivity contribution in [2.75, 3.05) is 52.9 Å². The monoisotopic (exact) mass is 227 g/mol. The lowest BCUT2D eigenvalue weighted by Gasteiger charge is -2.35. The van der Waals surface area contributed by atoms with Crippen molar-refractivity contribution >= 4 is 0 Å². The summed E-state index contributed by atoms with van der Waals surface area (Å²) in [5.74, 6) is 0. The minimum atomic E-state index is 0.432. The van der Waals surface area contributed by atoms with E-state index < -0.39 is 0 Å². The second-order valence-corrected chi connectivity index (χ2v) is 4.93. The Morgan fingerprint density at radius 3 is 2.44 bits per heavy atom. The Hall–Kier alpha value is -0.160. The van der Waals surface area contributed by atoms with E-state index in [0.717, 1.165) is 6.54 Å². The highest BCUT2D eigenvalue weighted by molar-refractivity contribution is 4.85. The second kappa shape index (κ2) is 5.96. The number of hydrogen-bond donors (Lipinski definition) is 1. The van der Waals surface area contributed by atoms with Crippen LogP contribution in [0.25, 0.3) is 0 Å². The maximum atomic E-state index is 5.38. The molecule has 2 rings (SSSR count). The molecule has 0 spiro atoms. The van der Waals surface area contributed by atoms with Crippen molar-refractivity contribution in [2.24, 2.45) is 0 Å². The summed E-state index contributed by atoms with van der Waals surface area (Å²) in [6, 6.07) is 0.637. The highest BCUT2D eigenvalue weighted by Crippen LogP contribution is 2.12. The fraction of sp³-hybridized carbons (Fsp3) is 1.00. The van der Waals surface area contributed by atoms with E-state index in [0.29, 0.717) is 12.1 Å². The Morgan fingerprint density at radius 1 is 1.19 bits per heavy atom. The fourth-order valence-corrected chi connectivity index (χ4v) is 2.70. The third-order valence-electron chi connectivity index (χ3n) is 3.91. The number of methoxy groups -OCH3 is 1. The molecule has 4 nitrogen and oxygen atoms in total. The van der Waals surface area contributed by atoms with Crippen molar-refractivity contribution in [1.29, 1.82) is 0 Å². The highest BCUT2D eigenvalue weighted by atomic mass is 16.5. The molecular weight excluding hydrogens is 202 g/mol. The van der Waals surface area contributed by atoms with Crippen molar-refractivity contribution in [1.82, 2.24) is 15.1 Å². The van der Waals surface area contributed by atoms with Crippen LogP contribution in [-0.4, -0.2) is 74.9 Å². The third-order valence-corrected chi connectivity index (χ3v) is 3.91. The first-order valence-corrected chi connectivity index (χ1v) is 6.52. The molecule has 2 aliphatic rings. The van der Waals surface area contributed by atoms with Crippen LogP contribution >= 0.6 is 0 Å². The molecule has 0 aromatic carbocycles. The molecule has 0 amide bonds. The van der Waals surface area contributed by atoms with Gasteiger partial charge in [-0.3, -0.25) is 4.90 Å². The molecule has 2 atom stereocenters. The summed E-state index contributed by atoms with van der Waals surface area (Å²) in [6.45, 7) is 10.6. The Kier molecular flexibility index (Phi) is 4.58. The van der Waals surface area contributed by atoms with Crippen LogP contribution in [-0.2, 0) is 4.74 Å². The number of rotatable bonds is 4. The first-order valence-electron chi connectivity index (χ1n) is 6.52. The summed E-state index contributed by atoms with van der Waals surface area (Å²) in [5.41, 5.74) is 0. The number of nitrogens with zero attached hydrogens (tertiary/aromatic N) is 2. The van der Waals surface area contributed by atoms with Gasteiger partial charge in [0.2, 0.25) is 0 Å². The average molecular weight is 227 g/mol. The summed E-state index contributed by atoms with van der Waals surface area (Å²) >= 11 is 0. The first kappa shape index (κ1) is 12.3. The van der Waals surface area contributed by atoms with Crippen molar-refractivity contribution in [3.05, 3.63) is 0 Å². The summed E-state index contributed by atoms with van der Waals surface area (Å²) in [6.07, 6.45) is 1.60. The van der Waals surface area contributed by atoms with E-state index in [1.807, 2.05) is 7.11 Å². The quantitative estimate of drug-likeness (QED) is 0.732. The average Bonchev–Trinajstić information content (AvgIpc) is 2.78. The molecule has 0 radical (unpaired) electrons. The lowest BCUT2D eigenvalue weighted by Crippen LogP contribution is -2.49. The lowest BCUT2D eigenvalue weighted by atomic mass is 10.2. The van der Waals surface area contributed by atoms with Gasteiger partial charge in [0.1, 0.15) is 0 Å². The molecule has 1 N–H and O–H groups in total. The second-order valence-electron chi connectivity index (χ2n) is 4.93. The van der Waals surface area contributed by atoms with E-state index in [1.165, 1.54) is 45.7 Å². The minimum Gasteiger partial charge on any atom is -0.380 e. The normalized spacial score (nSPS) is 33.4. The molecule has 2 saturated heterocycles. The van der Waals surface area contributed by atoms with Gasteiger partial charge in [-0.15, -0.1) is 0 Å². The van der Waals surface area contributed by atoms with Crippen LogP contribution in [0.3, 0.4) is 0 Å². The fourth-order valence-electron chi connectivity index (χ4n) is 2.70. The van der Waals surface area contributed by atoms with E-state index in [4.69, 9.17) is 4.74 Å². The first-order chi connectivity index (χ1) is 7.81. The van der Waals surface area contributed by atoms with Gasteiger partial charge in [-0.1, -0.05) is 6.92 Å². The van der Waals surface area contributed by atoms with Gasteiger partial charge in [0, 0.05) is 52.4 Å². The van der Waals surface area contributed by atoms with Crippen LogP contribution in [0, 0.1) is 0 Å². The smallest absolute Gasteiger partial charge is 0.0711 e. The molecule has 2 heterocycles. The van der Waals surface area contributed by atoms with Crippen LogP contribution in [0.2, 0.25) is 0 Å². The molecule has 0 unspecified atom stereocenters. The van der Waals surface area contributed by atoms with E-state index in [-0.39, 0.29) is 0 Å². The van der Waals surface area contributed by atoms with Crippen LogP contribution in [0.5, 0.6) is 0 Å². The zero-order chi connectivity index (χ0) is 11.4. The molecule has 2 aliphatic heterocycles. The molecule has 16 heavy (non-hydrogen) atoms. The van der Waals surface area contributed by atoms with E-state index in [1.54, 1.807) is 0 Å². The van der Waals surface area contributed by atoms with E-state index in [9.17, 15) is 0 Å². The molecule has 0 saturated carbocycles. The predicted octanol–water partition coefficient (Wildman–Crippen LogP) is 0.000800. The van der Waals surface area contributed by atoms with Crippen LogP contribution in [0.1, 0.15) is 13.3 Å². The summed E-state index contributed by atoms with van der Waals surface area (Å²) in [4.78, 5) is 5.11. The lowest BCUT2D eigenvalue weighted by molar-refractivity contribution is 0.108. The van der Waals surface area contributed by atoms with Gasteiger partial charge in [0.05, 0.1) is 6.10 Å². The van der Waals surface area contributed by atoms with Crippen LogP contribution in [0.4, 0.5) is 0 Å². The zero-order valence-corrected chi connectivity index (χ0v) is 10.6. The van der Waals surface area contributed by atoms with Gasteiger partial charge in [-0.2, -0.15) is 0 Å². The Labute approximate surface area is 98.9 Å².